The molecule has 0 aromatic heterocycles. The number of esters is 1. The molecule has 0 spiro atoms. The Kier molecular flexibility index (Phi) is 7.62. The first-order valence-electron chi connectivity index (χ1n) is 6.89. The van der Waals surface area contributed by atoms with Crippen molar-refractivity contribution in [1.29, 1.82) is 0 Å². The van der Waals surface area contributed by atoms with Crippen LogP contribution in [0.4, 0.5) is 0 Å². The number of rotatable bonds is 7. The second kappa shape index (κ2) is 9.22. The molecule has 0 aliphatic heterocycles. The minimum Gasteiger partial charge on any atom is -0.496 e. The molecule has 7 heteroatoms. The third-order valence-corrected chi connectivity index (χ3v) is 3.26. The Hall–Kier alpha value is -1.86. The number of nitrogens with zero attached hydrogens (tertiary/aromatic N) is 1. The summed E-state index contributed by atoms with van der Waals surface area (Å²) in [6.07, 6.45) is 0. The summed E-state index contributed by atoms with van der Waals surface area (Å²) < 4.78 is 9.91. The third kappa shape index (κ3) is 5.87. The Bertz CT molecular complexity index is 521. The number of hydrogen-bond acceptors (Lipinski definition) is 5. The summed E-state index contributed by atoms with van der Waals surface area (Å²) in [5.41, 5.74) is 1.31. The predicted molar refractivity (Wildman–Crippen MR) is 90.3 cm³/mol. The van der Waals surface area contributed by atoms with Gasteiger partial charge in [0.05, 0.1) is 14.2 Å². The van der Waals surface area contributed by atoms with Crippen LogP contribution in [0.5, 0.6) is 5.75 Å². The number of carbonyl (C=O) groups is 1. The molecule has 6 nitrogen and oxygen atoms in total. The fourth-order valence-electron chi connectivity index (χ4n) is 1.77. The predicted octanol–water partition coefficient (Wildman–Crippen LogP) is 1.01. The maximum atomic E-state index is 11.7. The van der Waals surface area contributed by atoms with E-state index in [0.717, 1.165) is 18.7 Å². The van der Waals surface area contributed by atoms with Crippen LogP contribution in [-0.4, -0.2) is 57.4 Å². The molecule has 0 aliphatic rings. The number of benzene rings is 1. The average molecular weight is 325 g/mol. The SMILES string of the molecule is COC(=O)c1cc(CNC(=S)NCCN(C)C)ccc1OC. The van der Waals surface area contributed by atoms with E-state index in [1.54, 1.807) is 12.1 Å². The van der Waals surface area contributed by atoms with Crippen LogP contribution in [0, 0.1) is 0 Å². The van der Waals surface area contributed by atoms with Gasteiger partial charge in [0.2, 0.25) is 0 Å². The van der Waals surface area contributed by atoms with Crippen molar-refractivity contribution in [2.75, 3.05) is 41.4 Å². The van der Waals surface area contributed by atoms with Gasteiger partial charge in [-0.25, -0.2) is 4.79 Å². The Morgan fingerprint density at radius 1 is 1.27 bits per heavy atom. The van der Waals surface area contributed by atoms with Crippen molar-refractivity contribution < 1.29 is 14.3 Å². The Morgan fingerprint density at radius 3 is 2.59 bits per heavy atom. The highest BCUT2D eigenvalue weighted by Crippen LogP contribution is 2.20. The van der Waals surface area contributed by atoms with Gasteiger partial charge in [-0.15, -0.1) is 0 Å². The van der Waals surface area contributed by atoms with E-state index in [4.69, 9.17) is 21.7 Å². The highest BCUT2D eigenvalue weighted by atomic mass is 32.1. The molecule has 0 bridgehead atoms. The molecule has 0 atom stereocenters. The molecule has 22 heavy (non-hydrogen) atoms. The normalized spacial score (nSPS) is 10.2. The fourth-order valence-corrected chi connectivity index (χ4v) is 1.95. The summed E-state index contributed by atoms with van der Waals surface area (Å²) >= 11 is 5.20. The summed E-state index contributed by atoms with van der Waals surface area (Å²) in [4.78, 5) is 13.8. The number of hydrogen-bond donors (Lipinski definition) is 2. The Balaban J connectivity index is 2.59. The lowest BCUT2D eigenvalue weighted by Gasteiger charge is -2.14. The molecular formula is C15H23N3O3S. The number of likely N-dealkylation sites (N-methyl/N-ethyl adjacent to an activating group) is 1. The molecule has 122 valence electrons. The molecule has 0 heterocycles. The van der Waals surface area contributed by atoms with E-state index in [2.05, 4.69) is 15.5 Å². The fraction of sp³-hybridized carbons (Fsp3) is 0.467. The summed E-state index contributed by atoms with van der Waals surface area (Å²) in [5.74, 6) is 0.0627. The van der Waals surface area contributed by atoms with Gasteiger partial charge in [-0.1, -0.05) is 6.07 Å². The van der Waals surface area contributed by atoms with Crippen molar-refractivity contribution in [3.05, 3.63) is 29.3 Å². The molecule has 0 amide bonds. The molecule has 2 N–H and O–H groups in total. The highest BCUT2D eigenvalue weighted by molar-refractivity contribution is 7.80. The van der Waals surface area contributed by atoms with E-state index < -0.39 is 5.97 Å². The van der Waals surface area contributed by atoms with Crippen LogP contribution in [-0.2, 0) is 11.3 Å². The summed E-state index contributed by atoms with van der Waals surface area (Å²) in [5, 5.41) is 6.80. The maximum Gasteiger partial charge on any atom is 0.341 e. The van der Waals surface area contributed by atoms with Gasteiger partial charge in [0.25, 0.3) is 0 Å². The van der Waals surface area contributed by atoms with Crippen molar-refractivity contribution in [3.63, 3.8) is 0 Å². The lowest BCUT2D eigenvalue weighted by Crippen LogP contribution is -2.38. The first-order valence-corrected chi connectivity index (χ1v) is 7.30. The Morgan fingerprint density at radius 2 is 2.00 bits per heavy atom. The smallest absolute Gasteiger partial charge is 0.341 e. The quantitative estimate of drug-likeness (QED) is 0.573. The van der Waals surface area contributed by atoms with Crippen LogP contribution >= 0.6 is 12.2 Å². The summed E-state index contributed by atoms with van der Waals surface area (Å²) in [7, 11) is 6.87. The van der Waals surface area contributed by atoms with Crippen molar-refractivity contribution in [2.24, 2.45) is 0 Å². The molecular weight excluding hydrogens is 302 g/mol. The van der Waals surface area contributed by atoms with Gasteiger partial charge in [-0.3, -0.25) is 0 Å². The molecule has 0 saturated carbocycles. The van der Waals surface area contributed by atoms with Gasteiger partial charge >= 0.3 is 5.97 Å². The van der Waals surface area contributed by atoms with Crippen LogP contribution < -0.4 is 15.4 Å². The molecule has 1 aromatic rings. The van der Waals surface area contributed by atoms with Gasteiger partial charge in [-0.2, -0.15) is 0 Å². The second-order valence-electron chi connectivity index (χ2n) is 4.94. The van der Waals surface area contributed by atoms with Gasteiger partial charge < -0.3 is 25.0 Å². The second-order valence-corrected chi connectivity index (χ2v) is 5.35. The van der Waals surface area contributed by atoms with Crippen LogP contribution in [0.15, 0.2) is 18.2 Å². The minimum absolute atomic E-state index is 0.399. The van der Waals surface area contributed by atoms with E-state index in [0.29, 0.717) is 23.0 Å². The van der Waals surface area contributed by atoms with Crippen molar-refractivity contribution in [3.8, 4) is 5.75 Å². The first-order chi connectivity index (χ1) is 10.5. The molecule has 0 aliphatic carbocycles. The Labute approximate surface area is 136 Å². The zero-order valence-electron chi connectivity index (χ0n) is 13.4. The lowest BCUT2D eigenvalue weighted by atomic mass is 10.1. The number of thiocarbonyl (C=S) groups is 1. The lowest BCUT2D eigenvalue weighted by molar-refractivity contribution is 0.0597. The average Bonchev–Trinajstić information content (AvgIpc) is 2.51. The highest BCUT2D eigenvalue weighted by Gasteiger charge is 2.13. The van der Waals surface area contributed by atoms with Gasteiger partial charge in [0.15, 0.2) is 5.11 Å². The zero-order chi connectivity index (χ0) is 16.5. The topological polar surface area (TPSA) is 62.8 Å². The molecule has 0 saturated heterocycles. The molecule has 0 unspecified atom stereocenters. The standard InChI is InChI=1S/C15H23N3O3S/c1-18(2)8-7-16-15(22)17-10-11-5-6-13(20-3)12(9-11)14(19)21-4/h5-6,9H,7-8,10H2,1-4H3,(H2,16,17,22). The minimum atomic E-state index is -0.426. The third-order valence-electron chi connectivity index (χ3n) is 2.97. The van der Waals surface area contributed by atoms with Gasteiger partial charge in [0, 0.05) is 19.6 Å². The number of nitrogens with one attached hydrogen (secondary N) is 2. The summed E-state index contributed by atoms with van der Waals surface area (Å²) in [6.45, 7) is 2.19. The van der Waals surface area contributed by atoms with E-state index in [-0.39, 0.29) is 0 Å². The summed E-state index contributed by atoms with van der Waals surface area (Å²) in [6, 6.07) is 5.35. The van der Waals surface area contributed by atoms with E-state index >= 15 is 0 Å². The van der Waals surface area contributed by atoms with Crippen molar-refractivity contribution in [2.45, 2.75) is 6.54 Å². The molecule has 1 rings (SSSR count). The molecule has 0 radical (unpaired) electrons. The van der Waals surface area contributed by atoms with Gasteiger partial charge in [0.1, 0.15) is 11.3 Å². The largest absolute Gasteiger partial charge is 0.496 e. The van der Waals surface area contributed by atoms with Gasteiger partial charge in [-0.05, 0) is 44.0 Å². The van der Waals surface area contributed by atoms with Crippen LogP contribution in [0.25, 0.3) is 0 Å². The van der Waals surface area contributed by atoms with Crippen molar-refractivity contribution >= 4 is 23.3 Å². The van der Waals surface area contributed by atoms with E-state index in [1.807, 2.05) is 20.2 Å². The van der Waals surface area contributed by atoms with Crippen LogP contribution in [0.2, 0.25) is 0 Å². The zero-order valence-corrected chi connectivity index (χ0v) is 14.3. The van der Waals surface area contributed by atoms with E-state index in [9.17, 15) is 4.79 Å². The monoisotopic (exact) mass is 325 g/mol. The van der Waals surface area contributed by atoms with Crippen molar-refractivity contribution in [1.82, 2.24) is 15.5 Å². The molecule has 1 aromatic carbocycles. The number of methoxy groups -OCH3 is 2. The van der Waals surface area contributed by atoms with E-state index in [1.165, 1.54) is 14.2 Å². The van der Waals surface area contributed by atoms with Crippen LogP contribution in [0.3, 0.4) is 0 Å². The number of carbonyl (C=O) groups excluding carboxylic acids is 1. The first kappa shape index (κ1) is 18.2. The molecule has 0 fully saturated rings. The van der Waals surface area contributed by atoms with Crippen LogP contribution in [0.1, 0.15) is 15.9 Å². The maximum absolute atomic E-state index is 11.7. The number of ether oxygens (including phenoxy) is 2.